The Hall–Kier alpha value is -1.55. The highest BCUT2D eigenvalue weighted by molar-refractivity contribution is 6.38. The molecule has 3 nitrogen and oxygen atoms in total. The van der Waals surface area contributed by atoms with Crippen LogP contribution in [0.25, 0.3) is 22.3 Å². The molecule has 0 atom stereocenters. The maximum Gasteiger partial charge on any atom is 0.163 e. The third kappa shape index (κ3) is 2.53. The number of benzene rings is 2. The van der Waals surface area contributed by atoms with E-state index >= 15 is 0 Å². The Kier molecular flexibility index (Phi) is 3.66. The average molecular weight is 339 g/mol. The fourth-order valence-electron chi connectivity index (χ4n) is 2.12. The predicted molar refractivity (Wildman–Crippen MR) is 89.2 cm³/mol. The van der Waals surface area contributed by atoms with Crippen LogP contribution in [0.4, 0.5) is 5.82 Å². The second-order valence-electron chi connectivity index (χ2n) is 4.65. The van der Waals surface area contributed by atoms with Crippen molar-refractivity contribution >= 4 is 51.5 Å². The molecule has 6 heteroatoms. The van der Waals surface area contributed by atoms with Gasteiger partial charge in [-0.3, -0.25) is 0 Å². The minimum Gasteiger partial charge on any atom is -0.383 e. The normalized spacial score (nSPS) is 11.0. The van der Waals surface area contributed by atoms with Gasteiger partial charge in [-0.05, 0) is 30.7 Å². The molecule has 0 aliphatic heterocycles. The number of fused-ring (bicyclic) bond motifs is 1. The van der Waals surface area contributed by atoms with Gasteiger partial charge in [0, 0.05) is 16.0 Å². The number of aromatic nitrogens is 2. The van der Waals surface area contributed by atoms with Crippen molar-refractivity contribution in [2.24, 2.45) is 0 Å². The first-order valence-electron chi connectivity index (χ1n) is 6.15. The van der Waals surface area contributed by atoms with Gasteiger partial charge in [0.25, 0.3) is 0 Å². The van der Waals surface area contributed by atoms with Gasteiger partial charge >= 0.3 is 0 Å². The zero-order chi connectivity index (χ0) is 15.1. The molecule has 0 aliphatic carbocycles. The lowest BCUT2D eigenvalue weighted by molar-refractivity contribution is 1.23. The summed E-state index contributed by atoms with van der Waals surface area (Å²) in [7, 11) is 0. The summed E-state index contributed by atoms with van der Waals surface area (Å²) in [6.07, 6.45) is 0. The Balaban J connectivity index is 2.33. The van der Waals surface area contributed by atoms with Crippen LogP contribution >= 0.6 is 34.8 Å². The maximum atomic E-state index is 6.32. The van der Waals surface area contributed by atoms with Crippen LogP contribution in [0.3, 0.4) is 0 Å². The van der Waals surface area contributed by atoms with Crippen molar-refractivity contribution in [3.8, 4) is 11.4 Å². The van der Waals surface area contributed by atoms with E-state index in [4.69, 9.17) is 40.5 Å². The van der Waals surface area contributed by atoms with Crippen LogP contribution < -0.4 is 5.73 Å². The quantitative estimate of drug-likeness (QED) is 0.667. The van der Waals surface area contributed by atoms with Crippen molar-refractivity contribution in [1.82, 2.24) is 9.97 Å². The summed E-state index contributed by atoms with van der Waals surface area (Å²) in [5.41, 5.74) is 8.23. The lowest BCUT2D eigenvalue weighted by atomic mass is 10.1. The molecule has 3 aromatic rings. The topological polar surface area (TPSA) is 51.8 Å². The molecule has 21 heavy (non-hydrogen) atoms. The summed E-state index contributed by atoms with van der Waals surface area (Å²) in [6.45, 7) is 1.92. The van der Waals surface area contributed by atoms with Crippen molar-refractivity contribution < 1.29 is 0 Å². The fourth-order valence-corrected chi connectivity index (χ4v) is 2.87. The van der Waals surface area contributed by atoms with E-state index in [-0.39, 0.29) is 0 Å². The second kappa shape index (κ2) is 5.34. The molecule has 0 aliphatic rings. The van der Waals surface area contributed by atoms with Gasteiger partial charge in [-0.15, -0.1) is 0 Å². The minimum atomic E-state index is 0.317. The summed E-state index contributed by atoms with van der Waals surface area (Å²) in [6, 6.07) is 8.98. The molecule has 0 bridgehead atoms. The van der Waals surface area contributed by atoms with Crippen LogP contribution in [-0.2, 0) is 0 Å². The van der Waals surface area contributed by atoms with Crippen molar-refractivity contribution in [2.45, 2.75) is 6.92 Å². The maximum absolute atomic E-state index is 6.32. The SMILES string of the molecule is Cc1cccc(-c2nc(N)c3cc(Cl)cc(Cl)c3n2)c1Cl. The Morgan fingerprint density at radius 1 is 1.05 bits per heavy atom. The standard InChI is InChI=1S/C15H10Cl3N3/c1-7-3-2-4-9(12(7)18)15-20-13-10(14(19)21-15)5-8(16)6-11(13)17/h2-6H,1H3,(H2,19,20,21). The van der Waals surface area contributed by atoms with Gasteiger partial charge in [0.1, 0.15) is 5.82 Å². The van der Waals surface area contributed by atoms with E-state index in [1.165, 1.54) is 0 Å². The molecule has 1 aromatic heterocycles. The number of hydrogen-bond acceptors (Lipinski definition) is 3. The van der Waals surface area contributed by atoms with Crippen LogP contribution in [0, 0.1) is 6.92 Å². The van der Waals surface area contributed by atoms with Gasteiger partial charge in [0.2, 0.25) is 0 Å². The van der Waals surface area contributed by atoms with Crippen LogP contribution in [0.1, 0.15) is 5.56 Å². The second-order valence-corrected chi connectivity index (χ2v) is 5.87. The summed E-state index contributed by atoms with van der Waals surface area (Å²) >= 11 is 18.5. The van der Waals surface area contributed by atoms with Crippen molar-refractivity contribution in [3.05, 3.63) is 51.0 Å². The molecule has 106 valence electrons. The number of nitrogens with zero attached hydrogens (tertiary/aromatic N) is 2. The molecule has 0 fully saturated rings. The Morgan fingerprint density at radius 3 is 2.57 bits per heavy atom. The molecule has 1 heterocycles. The van der Waals surface area contributed by atoms with Gasteiger partial charge in [-0.2, -0.15) is 0 Å². The van der Waals surface area contributed by atoms with Crippen molar-refractivity contribution in [2.75, 3.05) is 5.73 Å². The predicted octanol–water partition coefficient (Wildman–Crippen LogP) is 5.15. The first kappa shape index (κ1) is 14.4. The molecule has 0 saturated heterocycles. The Labute approximate surface area is 136 Å². The highest BCUT2D eigenvalue weighted by Gasteiger charge is 2.14. The molecular formula is C15H10Cl3N3. The molecule has 0 saturated carbocycles. The van der Waals surface area contributed by atoms with Crippen molar-refractivity contribution in [3.63, 3.8) is 0 Å². The highest BCUT2D eigenvalue weighted by Crippen LogP contribution is 2.33. The van der Waals surface area contributed by atoms with Crippen LogP contribution in [0.5, 0.6) is 0 Å². The minimum absolute atomic E-state index is 0.317. The number of hydrogen-bond donors (Lipinski definition) is 1. The molecule has 0 spiro atoms. The first-order chi connectivity index (χ1) is 9.97. The Morgan fingerprint density at radius 2 is 1.81 bits per heavy atom. The molecule has 0 amide bonds. The van der Waals surface area contributed by atoms with Crippen LogP contribution in [0.2, 0.25) is 15.1 Å². The largest absolute Gasteiger partial charge is 0.383 e. The molecule has 2 aromatic carbocycles. The van der Waals surface area contributed by atoms with E-state index in [2.05, 4.69) is 9.97 Å². The number of anilines is 1. The van der Waals surface area contributed by atoms with Gasteiger partial charge in [0.15, 0.2) is 5.82 Å². The number of halogens is 3. The average Bonchev–Trinajstić information content (AvgIpc) is 2.43. The zero-order valence-electron chi connectivity index (χ0n) is 11.0. The fraction of sp³-hybridized carbons (Fsp3) is 0.0667. The van der Waals surface area contributed by atoms with Gasteiger partial charge in [0.05, 0.1) is 15.6 Å². The lowest BCUT2D eigenvalue weighted by Crippen LogP contribution is -1.99. The molecule has 0 radical (unpaired) electrons. The smallest absolute Gasteiger partial charge is 0.163 e. The van der Waals surface area contributed by atoms with Crippen LogP contribution in [0.15, 0.2) is 30.3 Å². The van der Waals surface area contributed by atoms with E-state index in [0.29, 0.717) is 37.6 Å². The Bertz CT molecular complexity index is 862. The van der Waals surface area contributed by atoms with E-state index in [9.17, 15) is 0 Å². The highest BCUT2D eigenvalue weighted by atomic mass is 35.5. The van der Waals surface area contributed by atoms with Crippen LogP contribution in [-0.4, -0.2) is 9.97 Å². The van der Waals surface area contributed by atoms with Gasteiger partial charge < -0.3 is 5.73 Å². The van der Waals surface area contributed by atoms with E-state index in [1.54, 1.807) is 12.1 Å². The number of nitrogen functional groups attached to an aromatic ring is 1. The summed E-state index contributed by atoms with van der Waals surface area (Å²) in [4.78, 5) is 8.80. The number of rotatable bonds is 1. The third-order valence-electron chi connectivity index (χ3n) is 3.18. The van der Waals surface area contributed by atoms with Crippen molar-refractivity contribution in [1.29, 1.82) is 0 Å². The summed E-state index contributed by atoms with van der Waals surface area (Å²) < 4.78 is 0. The monoisotopic (exact) mass is 337 g/mol. The number of aryl methyl sites for hydroxylation is 1. The zero-order valence-corrected chi connectivity index (χ0v) is 13.3. The lowest BCUT2D eigenvalue weighted by Gasteiger charge is -2.09. The van der Waals surface area contributed by atoms with Gasteiger partial charge in [-0.25, -0.2) is 9.97 Å². The van der Waals surface area contributed by atoms with Gasteiger partial charge in [-0.1, -0.05) is 46.9 Å². The molecule has 0 unspecified atom stereocenters. The number of nitrogens with two attached hydrogens (primary N) is 1. The summed E-state index contributed by atoms with van der Waals surface area (Å²) in [5, 5.41) is 2.14. The summed E-state index contributed by atoms with van der Waals surface area (Å²) in [5.74, 6) is 0.759. The van der Waals surface area contributed by atoms with E-state index in [1.807, 2.05) is 25.1 Å². The third-order valence-corrected chi connectivity index (χ3v) is 4.19. The molecular weight excluding hydrogens is 329 g/mol. The molecule has 3 rings (SSSR count). The first-order valence-corrected chi connectivity index (χ1v) is 7.28. The van der Waals surface area contributed by atoms with E-state index < -0.39 is 0 Å². The van der Waals surface area contributed by atoms with E-state index in [0.717, 1.165) is 11.1 Å². The molecule has 2 N–H and O–H groups in total.